The van der Waals surface area contributed by atoms with Crippen molar-refractivity contribution in [2.75, 3.05) is 0 Å². The fraction of sp³-hybridized carbons (Fsp3) is 0.100. The highest BCUT2D eigenvalue weighted by molar-refractivity contribution is 6.25. The van der Waals surface area contributed by atoms with Crippen LogP contribution >= 0.6 is 0 Å². The Bertz CT molecular complexity index is 915. The van der Waals surface area contributed by atoms with E-state index >= 15 is 0 Å². The lowest BCUT2D eigenvalue weighted by atomic mass is 9.96. The topological polar surface area (TPSA) is 68.3 Å². The Morgan fingerprint density at radius 1 is 0.708 bits per heavy atom. The van der Waals surface area contributed by atoms with Gasteiger partial charge in [-0.25, -0.2) is 0 Å². The summed E-state index contributed by atoms with van der Waals surface area (Å²) in [6, 6.07) is 9.52. The molecule has 116 valence electrons. The molecule has 0 N–H and O–H groups in total. The summed E-state index contributed by atoms with van der Waals surface area (Å²) in [4.78, 5) is 48.2. The molecule has 4 rings (SSSR count). The molecule has 0 spiro atoms. The second kappa shape index (κ2) is 4.93. The van der Waals surface area contributed by atoms with Gasteiger partial charge in [0.2, 0.25) is 0 Å². The van der Waals surface area contributed by atoms with Gasteiger partial charge in [0.15, 0.2) is 23.1 Å². The number of carbonyl (C=O) groups excluding carboxylic acids is 4. The number of allylic oxidation sites excluding steroid dienone is 1. The van der Waals surface area contributed by atoms with Crippen LogP contribution in [-0.2, 0) is 0 Å². The number of fused-ring (bicyclic) bond motifs is 2. The van der Waals surface area contributed by atoms with E-state index in [0.717, 1.165) is 11.1 Å². The smallest absolute Gasteiger partial charge is 0.193 e. The zero-order valence-electron chi connectivity index (χ0n) is 12.7. The Balaban J connectivity index is 1.76. The number of carbonyl (C=O) groups is 4. The molecule has 0 saturated carbocycles. The van der Waals surface area contributed by atoms with Crippen LogP contribution in [0.3, 0.4) is 0 Å². The van der Waals surface area contributed by atoms with Gasteiger partial charge in [-0.05, 0) is 29.3 Å². The third-order valence-corrected chi connectivity index (χ3v) is 4.54. The Morgan fingerprint density at radius 3 is 1.88 bits per heavy atom. The molecule has 0 radical (unpaired) electrons. The van der Waals surface area contributed by atoms with Crippen LogP contribution < -0.4 is 0 Å². The molecule has 0 unspecified atom stereocenters. The van der Waals surface area contributed by atoms with E-state index in [1.54, 1.807) is 24.3 Å². The lowest BCUT2D eigenvalue weighted by Gasteiger charge is -2.06. The monoisotopic (exact) mass is 316 g/mol. The zero-order chi connectivity index (χ0) is 17.0. The maximum atomic E-state index is 12.7. The molecule has 24 heavy (non-hydrogen) atoms. The lowest BCUT2D eigenvalue weighted by Crippen LogP contribution is -2.05. The van der Waals surface area contributed by atoms with Gasteiger partial charge in [-0.1, -0.05) is 24.8 Å². The first-order valence-electron chi connectivity index (χ1n) is 7.56. The molecule has 2 aliphatic rings. The molecule has 2 aromatic rings. The van der Waals surface area contributed by atoms with Gasteiger partial charge in [0.25, 0.3) is 0 Å². The zero-order valence-corrected chi connectivity index (χ0v) is 12.7. The minimum absolute atomic E-state index is 0.0422. The summed E-state index contributed by atoms with van der Waals surface area (Å²) in [6.07, 6.45) is 0.144. The maximum Gasteiger partial charge on any atom is 0.193 e. The van der Waals surface area contributed by atoms with Crippen molar-refractivity contribution in [2.45, 2.75) is 12.8 Å². The van der Waals surface area contributed by atoms with E-state index in [4.69, 9.17) is 0 Å². The maximum absolute atomic E-state index is 12.7. The first-order chi connectivity index (χ1) is 11.5. The van der Waals surface area contributed by atoms with Crippen LogP contribution in [0.4, 0.5) is 0 Å². The molecular weight excluding hydrogens is 304 g/mol. The first-order valence-corrected chi connectivity index (χ1v) is 7.56. The molecule has 0 amide bonds. The van der Waals surface area contributed by atoms with E-state index in [-0.39, 0.29) is 36.0 Å². The number of hydrogen-bond acceptors (Lipinski definition) is 4. The van der Waals surface area contributed by atoms with Crippen molar-refractivity contribution in [3.05, 3.63) is 76.4 Å². The van der Waals surface area contributed by atoms with Crippen LogP contribution in [0.1, 0.15) is 65.4 Å². The molecular formula is C20H12O4. The highest BCUT2D eigenvalue weighted by atomic mass is 16.2. The normalized spacial score (nSPS) is 15.7. The van der Waals surface area contributed by atoms with E-state index in [1.165, 1.54) is 12.1 Å². The van der Waals surface area contributed by atoms with Crippen molar-refractivity contribution in [2.24, 2.45) is 0 Å². The molecule has 4 nitrogen and oxygen atoms in total. The predicted molar refractivity (Wildman–Crippen MR) is 87.6 cm³/mol. The number of Topliss-reactive ketones (excluding diaryl/α,β-unsaturated/α-hetero) is 3. The van der Waals surface area contributed by atoms with Gasteiger partial charge in [0.1, 0.15) is 0 Å². The van der Waals surface area contributed by atoms with E-state index in [2.05, 4.69) is 6.58 Å². The number of hydrogen-bond donors (Lipinski definition) is 0. The average Bonchev–Trinajstić information content (AvgIpc) is 3.02. The second-order valence-corrected chi connectivity index (χ2v) is 6.08. The van der Waals surface area contributed by atoms with Gasteiger partial charge in [-0.2, -0.15) is 0 Å². The highest BCUT2D eigenvalue weighted by Gasteiger charge is 2.29. The van der Waals surface area contributed by atoms with Crippen LogP contribution in [0.5, 0.6) is 0 Å². The summed E-state index contributed by atoms with van der Waals surface area (Å²) in [5, 5.41) is 0. The van der Waals surface area contributed by atoms with Gasteiger partial charge in [0.05, 0.1) is 6.42 Å². The molecule has 2 aromatic carbocycles. The molecule has 0 bridgehead atoms. The van der Waals surface area contributed by atoms with Crippen LogP contribution in [0.2, 0.25) is 0 Å². The average molecular weight is 316 g/mol. The first kappa shape index (κ1) is 14.5. The third-order valence-electron chi connectivity index (χ3n) is 4.54. The van der Waals surface area contributed by atoms with Crippen LogP contribution in [0, 0.1) is 0 Å². The van der Waals surface area contributed by atoms with E-state index in [9.17, 15) is 19.2 Å². The summed E-state index contributed by atoms with van der Waals surface area (Å²) >= 11 is 0. The van der Waals surface area contributed by atoms with Crippen LogP contribution in [0.15, 0.2) is 43.0 Å². The Kier molecular flexibility index (Phi) is 2.97. The van der Waals surface area contributed by atoms with Crippen LogP contribution in [-0.4, -0.2) is 23.1 Å². The van der Waals surface area contributed by atoms with E-state index < -0.39 is 0 Å². The van der Waals surface area contributed by atoms with Gasteiger partial charge >= 0.3 is 0 Å². The summed E-state index contributed by atoms with van der Waals surface area (Å²) in [5.74, 6) is -0.793. The van der Waals surface area contributed by atoms with Crippen molar-refractivity contribution in [1.29, 1.82) is 0 Å². The molecule has 0 aliphatic heterocycles. The van der Waals surface area contributed by atoms with Crippen molar-refractivity contribution in [1.82, 2.24) is 0 Å². The minimum Gasteiger partial charge on any atom is -0.294 e. The number of rotatable bonds is 2. The lowest BCUT2D eigenvalue weighted by molar-refractivity contribution is 0.0920. The van der Waals surface area contributed by atoms with E-state index in [1.807, 2.05) is 0 Å². The molecule has 0 fully saturated rings. The quantitative estimate of drug-likeness (QED) is 0.630. The third kappa shape index (κ3) is 2.00. The Morgan fingerprint density at radius 2 is 1.21 bits per heavy atom. The molecule has 4 heteroatoms. The van der Waals surface area contributed by atoms with Crippen molar-refractivity contribution in [3.63, 3.8) is 0 Å². The van der Waals surface area contributed by atoms with Crippen molar-refractivity contribution >= 4 is 28.7 Å². The molecule has 2 aliphatic carbocycles. The summed E-state index contributed by atoms with van der Waals surface area (Å²) in [5.41, 5.74) is 3.45. The van der Waals surface area contributed by atoms with Gasteiger partial charge in [0, 0.05) is 34.2 Å². The van der Waals surface area contributed by atoms with Crippen molar-refractivity contribution in [3.8, 4) is 0 Å². The fourth-order valence-corrected chi connectivity index (χ4v) is 3.27. The largest absolute Gasteiger partial charge is 0.294 e. The Hall–Kier alpha value is -3.14. The van der Waals surface area contributed by atoms with Gasteiger partial charge in [-0.3, -0.25) is 19.2 Å². The minimum atomic E-state index is -0.280. The fourth-order valence-electron chi connectivity index (χ4n) is 3.27. The standard InChI is InChI=1S/C20H12O4/c1-10-6-17(21)15-7-11(2-4-13(10)15)20(24)12-3-5-14-16(8-12)19(23)9-18(14)22/h2-5,7-8H,1,6,9H2. The highest BCUT2D eigenvalue weighted by Crippen LogP contribution is 2.32. The summed E-state index contributed by atoms with van der Waals surface area (Å²) < 4.78 is 0. The van der Waals surface area contributed by atoms with Crippen LogP contribution in [0.25, 0.3) is 5.57 Å². The predicted octanol–water partition coefficient (Wildman–Crippen LogP) is 3.29. The number of ketones is 4. The summed E-state index contributed by atoms with van der Waals surface area (Å²) in [7, 11) is 0. The van der Waals surface area contributed by atoms with Crippen molar-refractivity contribution < 1.29 is 19.2 Å². The number of benzene rings is 2. The van der Waals surface area contributed by atoms with Gasteiger partial charge < -0.3 is 0 Å². The van der Waals surface area contributed by atoms with Gasteiger partial charge in [-0.15, -0.1) is 0 Å². The van der Waals surface area contributed by atoms with E-state index in [0.29, 0.717) is 27.8 Å². The SMILES string of the molecule is C=C1CC(=O)c2cc(C(=O)c3ccc4c(c3)C(=O)CC4=O)ccc21. The molecule has 0 aromatic heterocycles. The molecule has 0 heterocycles. The Labute approximate surface area is 137 Å². The molecule has 0 saturated heterocycles. The second-order valence-electron chi connectivity index (χ2n) is 6.08. The molecule has 0 atom stereocenters. The summed E-state index contributed by atoms with van der Waals surface area (Å²) in [6.45, 7) is 3.86.